The lowest BCUT2D eigenvalue weighted by Crippen LogP contribution is -2.51. The summed E-state index contributed by atoms with van der Waals surface area (Å²) < 4.78 is 4.95. The van der Waals surface area contributed by atoms with Gasteiger partial charge in [0.1, 0.15) is 0 Å². The molecule has 0 spiro atoms. The number of amides is 2. The largest absolute Gasteiger partial charge is 0.419 e. The topological polar surface area (TPSA) is 107 Å². The maximum Gasteiger partial charge on any atom is 0.313 e. The standard InChI is InChI=1S/C27H20N2O6/c1-14(30)35-21-12-11-15(13-20(21)29(33)34)28-25(31)23-22-16-7-3-5-9-18(16)27(2,24(23)26(28)32)19-10-6-4-8-17(19)22/h3-13,22-24H,1-2H3/t22?,23-,24-,27?/m1/s1. The van der Waals surface area contributed by atoms with E-state index in [1.54, 1.807) is 0 Å². The van der Waals surface area contributed by atoms with Gasteiger partial charge < -0.3 is 4.74 Å². The second-order valence-electron chi connectivity index (χ2n) is 9.37. The average Bonchev–Trinajstić information content (AvgIpc) is 3.11. The first-order valence-electron chi connectivity index (χ1n) is 11.3. The number of ether oxygens (including phenoxy) is 1. The van der Waals surface area contributed by atoms with Gasteiger partial charge in [0.15, 0.2) is 0 Å². The number of hydrogen-bond acceptors (Lipinski definition) is 6. The zero-order chi connectivity index (χ0) is 24.6. The van der Waals surface area contributed by atoms with Gasteiger partial charge in [-0.15, -0.1) is 0 Å². The van der Waals surface area contributed by atoms with Crippen molar-refractivity contribution in [1.29, 1.82) is 0 Å². The van der Waals surface area contributed by atoms with Gasteiger partial charge in [-0.25, -0.2) is 4.90 Å². The number of nitrogens with zero attached hydrogens (tertiary/aromatic N) is 2. The third kappa shape index (κ3) is 2.65. The summed E-state index contributed by atoms with van der Waals surface area (Å²) in [5.74, 6) is -3.26. The normalized spacial score (nSPS) is 25.7. The number of nitro groups is 1. The van der Waals surface area contributed by atoms with Gasteiger partial charge in [-0.2, -0.15) is 0 Å². The third-order valence-electron chi connectivity index (χ3n) is 7.69. The Morgan fingerprint density at radius 1 is 0.971 bits per heavy atom. The van der Waals surface area contributed by atoms with Gasteiger partial charge in [-0.3, -0.25) is 24.5 Å². The van der Waals surface area contributed by atoms with Crippen LogP contribution in [-0.2, 0) is 19.8 Å². The molecule has 1 aliphatic heterocycles. The van der Waals surface area contributed by atoms with Crippen LogP contribution in [0.15, 0.2) is 66.7 Å². The highest BCUT2D eigenvalue weighted by molar-refractivity contribution is 6.24. The van der Waals surface area contributed by atoms with Crippen molar-refractivity contribution < 1.29 is 24.0 Å². The zero-order valence-corrected chi connectivity index (χ0v) is 18.9. The fraction of sp³-hybridized carbons (Fsp3) is 0.222. The third-order valence-corrected chi connectivity index (χ3v) is 7.69. The maximum atomic E-state index is 14.0. The molecule has 3 aliphatic carbocycles. The van der Waals surface area contributed by atoms with Crippen LogP contribution in [0.1, 0.15) is 42.0 Å². The minimum atomic E-state index is -0.724. The molecule has 2 atom stereocenters. The van der Waals surface area contributed by atoms with E-state index in [-0.39, 0.29) is 29.2 Å². The van der Waals surface area contributed by atoms with Crippen LogP contribution in [0.25, 0.3) is 0 Å². The fourth-order valence-corrected chi connectivity index (χ4v) is 6.43. The second kappa shape index (κ2) is 7.09. The molecule has 0 N–H and O–H groups in total. The van der Waals surface area contributed by atoms with Gasteiger partial charge in [-0.05, 0) is 34.4 Å². The Bertz CT molecular complexity index is 1430. The van der Waals surface area contributed by atoms with Gasteiger partial charge >= 0.3 is 11.7 Å². The lowest BCUT2D eigenvalue weighted by molar-refractivity contribution is -0.385. The predicted molar refractivity (Wildman–Crippen MR) is 125 cm³/mol. The van der Waals surface area contributed by atoms with Crippen LogP contribution in [0.4, 0.5) is 11.4 Å². The van der Waals surface area contributed by atoms with E-state index in [4.69, 9.17) is 4.74 Å². The molecule has 0 aromatic heterocycles. The zero-order valence-electron chi connectivity index (χ0n) is 18.9. The number of carbonyl (C=O) groups excluding carboxylic acids is 3. The first kappa shape index (κ1) is 21.2. The smallest absolute Gasteiger partial charge is 0.313 e. The number of esters is 1. The summed E-state index contributed by atoms with van der Waals surface area (Å²) in [6.45, 7) is 3.15. The highest BCUT2D eigenvalue weighted by Gasteiger charge is 2.66. The number of nitro benzene ring substituents is 1. The molecule has 2 bridgehead atoms. The highest BCUT2D eigenvalue weighted by atomic mass is 16.6. The second-order valence-corrected chi connectivity index (χ2v) is 9.37. The Morgan fingerprint density at radius 2 is 1.57 bits per heavy atom. The lowest BCUT2D eigenvalue weighted by atomic mass is 9.48. The van der Waals surface area contributed by atoms with Crippen LogP contribution in [0.3, 0.4) is 0 Å². The van der Waals surface area contributed by atoms with Crippen molar-refractivity contribution in [2.45, 2.75) is 25.2 Å². The summed E-state index contributed by atoms with van der Waals surface area (Å²) in [6, 6.07) is 19.6. The highest BCUT2D eigenvalue weighted by Crippen LogP contribution is 2.64. The Morgan fingerprint density at radius 3 is 2.14 bits per heavy atom. The molecule has 8 nitrogen and oxygen atoms in total. The molecule has 0 unspecified atom stereocenters. The molecule has 3 aromatic carbocycles. The van der Waals surface area contributed by atoms with Crippen molar-refractivity contribution in [2.24, 2.45) is 11.8 Å². The quantitative estimate of drug-likeness (QED) is 0.188. The Balaban J connectivity index is 1.52. The Hall–Kier alpha value is -4.33. The van der Waals surface area contributed by atoms with E-state index in [1.165, 1.54) is 12.1 Å². The van der Waals surface area contributed by atoms with Crippen molar-refractivity contribution >= 4 is 29.2 Å². The number of anilines is 1. The molecule has 1 fully saturated rings. The van der Waals surface area contributed by atoms with E-state index in [0.717, 1.165) is 40.1 Å². The SMILES string of the molecule is CC(=O)Oc1ccc(N2C(=O)[C@@H]3C4c5ccccc5C(C)(c5ccccc54)[C@H]3C2=O)cc1[N+](=O)[O-]. The molecule has 35 heavy (non-hydrogen) atoms. The van der Waals surface area contributed by atoms with Gasteiger partial charge in [0.2, 0.25) is 17.6 Å². The molecular weight excluding hydrogens is 448 g/mol. The van der Waals surface area contributed by atoms with E-state index in [1.807, 2.05) is 55.5 Å². The van der Waals surface area contributed by atoms with Crippen LogP contribution in [0, 0.1) is 22.0 Å². The van der Waals surface area contributed by atoms with Crippen molar-refractivity contribution in [3.05, 3.63) is 99.1 Å². The summed E-state index contributed by atoms with van der Waals surface area (Å²) in [4.78, 5) is 51.3. The van der Waals surface area contributed by atoms with E-state index in [0.29, 0.717) is 0 Å². The lowest BCUT2D eigenvalue weighted by Gasteiger charge is -2.52. The summed E-state index contributed by atoms with van der Waals surface area (Å²) in [6.07, 6.45) is 0. The van der Waals surface area contributed by atoms with Crippen LogP contribution in [-0.4, -0.2) is 22.7 Å². The summed E-state index contributed by atoms with van der Waals surface area (Å²) in [5, 5.41) is 11.7. The fourth-order valence-electron chi connectivity index (χ4n) is 6.43. The maximum absolute atomic E-state index is 14.0. The molecule has 3 aromatic rings. The number of carbonyl (C=O) groups is 3. The van der Waals surface area contributed by atoms with Crippen molar-refractivity contribution in [3.8, 4) is 5.75 Å². The van der Waals surface area contributed by atoms with E-state index in [9.17, 15) is 24.5 Å². The van der Waals surface area contributed by atoms with Gasteiger partial charge in [-0.1, -0.05) is 55.5 Å². The molecule has 1 saturated heterocycles. The molecule has 8 heteroatoms. The molecular formula is C27H20N2O6. The molecule has 4 aliphatic rings. The number of benzene rings is 3. The summed E-state index contributed by atoms with van der Waals surface area (Å²) in [7, 11) is 0. The van der Waals surface area contributed by atoms with Crippen molar-refractivity contribution in [3.63, 3.8) is 0 Å². The average molecular weight is 468 g/mol. The molecule has 0 radical (unpaired) electrons. The van der Waals surface area contributed by atoms with E-state index < -0.39 is 33.8 Å². The molecule has 7 rings (SSSR count). The van der Waals surface area contributed by atoms with Crippen LogP contribution in [0.2, 0.25) is 0 Å². The number of hydrogen-bond donors (Lipinski definition) is 0. The molecule has 2 amide bonds. The minimum absolute atomic E-state index is 0.0908. The van der Waals surface area contributed by atoms with Gasteiger partial charge in [0.05, 0.1) is 22.4 Å². The predicted octanol–water partition coefficient (Wildman–Crippen LogP) is 4.09. The summed E-state index contributed by atoms with van der Waals surface area (Å²) >= 11 is 0. The van der Waals surface area contributed by atoms with Crippen molar-refractivity contribution in [2.75, 3.05) is 4.90 Å². The number of rotatable bonds is 3. The summed E-state index contributed by atoms with van der Waals surface area (Å²) in [5.41, 5.74) is 3.01. The van der Waals surface area contributed by atoms with E-state index >= 15 is 0 Å². The van der Waals surface area contributed by atoms with Crippen LogP contribution < -0.4 is 9.64 Å². The number of imide groups is 1. The van der Waals surface area contributed by atoms with E-state index in [2.05, 4.69) is 0 Å². The monoisotopic (exact) mass is 468 g/mol. The molecule has 174 valence electrons. The van der Waals surface area contributed by atoms with Gasteiger partial charge in [0.25, 0.3) is 0 Å². The first-order valence-corrected chi connectivity index (χ1v) is 11.3. The first-order chi connectivity index (χ1) is 16.7. The van der Waals surface area contributed by atoms with Crippen LogP contribution >= 0.6 is 0 Å². The molecule has 0 saturated carbocycles. The van der Waals surface area contributed by atoms with Crippen molar-refractivity contribution in [1.82, 2.24) is 0 Å². The van der Waals surface area contributed by atoms with Gasteiger partial charge in [0, 0.05) is 24.3 Å². The Kier molecular flexibility index (Phi) is 4.30. The Labute approximate surface area is 200 Å². The minimum Gasteiger partial charge on any atom is -0.419 e. The van der Waals surface area contributed by atoms with Crippen LogP contribution in [0.5, 0.6) is 5.75 Å². The molecule has 1 heterocycles.